The molecule has 0 atom stereocenters. The third kappa shape index (κ3) is 5.35. The van der Waals surface area contributed by atoms with Crippen LogP contribution in [0.25, 0.3) is 0 Å². The quantitative estimate of drug-likeness (QED) is 0.393. The van der Waals surface area contributed by atoms with E-state index in [0.717, 1.165) is 36.2 Å². The van der Waals surface area contributed by atoms with Gasteiger partial charge in [0.1, 0.15) is 0 Å². The third-order valence-corrected chi connectivity index (χ3v) is 7.59. The zero-order valence-electron chi connectivity index (χ0n) is 17.9. The number of alkyl halides is 4. The molecule has 29 heavy (non-hydrogen) atoms. The first kappa shape index (κ1) is 22.6. The SMILES string of the molecule is CCCCC1CCC(C2CCC(c3ccc(C(F)(F)C(C)(F)F)cc3)CC2)CC1. The second-order valence-electron chi connectivity index (χ2n) is 9.62. The topological polar surface area (TPSA) is 0 Å². The molecular weight excluding hydrogens is 376 g/mol. The van der Waals surface area contributed by atoms with Crippen molar-refractivity contribution in [2.45, 2.75) is 102 Å². The van der Waals surface area contributed by atoms with E-state index in [1.54, 1.807) is 12.1 Å². The summed E-state index contributed by atoms with van der Waals surface area (Å²) in [4.78, 5) is 0. The average molecular weight is 413 g/mol. The summed E-state index contributed by atoms with van der Waals surface area (Å²) in [7, 11) is 0. The van der Waals surface area contributed by atoms with Crippen molar-refractivity contribution in [3.63, 3.8) is 0 Å². The van der Waals surface area contributed by atoms with Crippen LogP contribution >= 0.6 is 0 Å². The lowest BCUT2D eigenvalue weighted by Crippen LogP contribution is -2.34. The van der Waals surface area contributed by atoms with Gasteiger partial charge in [0.25, 0.3) is 0 Å². The second-order valence-corrected chi connectivity index (χ2v) is 9.62. The van der Waals surface area contributed by atoms with E-state index in [2.05, 4.69) is 6.92 Å². The molecule has 0 N–H and O–H groups in total. The zero-order chi connectivity index (χ0) is 21.1. The molecule has 0 aromatic heterocycles. The standard InChI is InChI=1S/C25H36F4/c1-3-4-5-18-6-8-19(9-7-18)20-10-12-21(13-11-20)22-14-16-23(17-15-22)25(28,29)24(2,26)27/h14-21H,3-13H2,1-2H3. The Labute approximate surface area is 173 Å². The summed E-state index contributed by atoms with van der Waals surface area (Å²) in [6, 6.07) is 5.66. The van der Waals surface area contributed by atoms with Crippen molar-refractivity contribution >= 4 is 0 Å². The van der Waals surface area contributed by atoms with Crippen LogP contribution in [0.5, 0.6) is 0 Å². The van der Waals surface area contributed by atoms with E-state index in [4.69, 9.17) is 0 Å². The van der Waals surface area contributed by atoms with E-state index in [1.807, 2.05) is 0 Å². The van der Waals surface area contributed by atoms with E-state index in [-0.39, 0.29) is 6.92 Å². The Balaban J connectivity index is 1.50. The van der Waals surface area contributed by atoms with Crippen molar-refractivity contribution in [1.29, 1.82) is 0 Å². The molecule has 4 heteroatoms. The van der Waals surface area contributed by atoms with Gasteiger partial charge in [-0.1, -0.05) is 63.3 Å². The molecule has 1 aromatic rings. The molecule has 0 spiro atoms. The lowest BCUT2D eigenvalue weighted by atomic mass is 9.68. The largest absolute Gasteiger partial charge is 0.335 e. The number of unbranched alkanes of at least 4 members (excludes halogenated alkanes) is 1. The summed E-state index contributed by atoms with van der Waals surface area (Å²) in [5.41, 5.74) is 0.424. The van der Waals surface area contributed by atoms with Gasteiger partial charge in [0, 0.05) is 12.5 Å². The maximum absolute atomic E-state index is 13.8. The van der Waals surface area contributed by atoms with Crippen LogP contribution in [0.3, 0.4) is 0 Å². The van der Waals surface area contributed by atoms with E-state index >= 15 is 0 Å². The zero-order valence-corrected chi connectivity index (χ0v) is 17.9. The van der Waals surface area contributed by atoms with Gasteiger partial charge in [-0.3, -0.25) is 0 Å². The summed E-state index contributed by atoms with van der Waals surface area (Å²) in [5.74, 6) is -5.20. The van der Waals surface area contributed by atoms with Gasteiger partial charge in [-0.2, -0.15) is 17.6 Å². The number of hydrogen-bond acceptors (Lipinski definition) is 0. The highest BCUT2D eigenvalue weighted by atomic mass is 19.3. The van der Waals surface area contributed by atoms with Crippen molar-refractivity contribution in [2.24, 2.45) is 17.8 Å². The first-order valence-corrected chi connectivity index (χ1v) is 11.6. The van der Waals surface area contributed by atoms with Crippen LogP contribution in [0.2, 0.25) is 0 Å². The predicted octanol–water partition coefficient (Wildman–Crippen LogP) is 8.70. The Morgan fingerprint density at radius 3 is 1.79 bits per heavy atom. The fourth-order valence-corrected chi connectivity index (χ4v) is 5.58. The van der Waals surface area contributed by atoms with Gasteiger partial charge in [-0.15, -0.1) is 0 Å². The van der Waals surface area contributed by atoms with Gasteiger partial charge in [0.15, 0.2) is 0 Å². The van der Waals surface area contributed by atoms with Crippen LogP contribution in [0, 0.1) is 17.8 Å². The minimum absolute atomic E-state index is 0.277. The first-order valence-electron chi connectivity index (χ1n) is 11.6. The van der Waals surface area contributed by atoms with Crippen molar-refractivity contribution in [3.05, 3.63) is 35.4 Å². The van der Waals surface area contributed by atoms with E-state index < -0.39 is 17.4 Å². The Morgan fingerprint density at radius 1 is 0.793 bits per heavy atom. The Hall–Kier alpha value is -1.06. The van der Waals surface area contributed by atoms with Crippen LogP contribution in [-0.4, -0.2) is 5.92 Å². The molecule has 2 fully saturated rings. The number of rotatable bonds is 7. The molecular formula is C25H36F4. The fourth-order valence-electron chi connectivity index (χ4n) is 5.58. The highest BCUT2D eigenvalue weighted by Crippen LogP contribution is 2.46. The number of hydrogen-bond donors (Lipinski definition) is 0. The van der Waals surface area contributed by atoms with Crippen LogP contribution in [0.1, 0.15) is 102 Å². The summed E-state index contributed by atoms with van der Waals surface area (Å²) in [5, 5.41) is 0. The Bertz CT molecular complexity index is 615. The van der Waals surface area contributed by atoms with Gasteiger partial charge in [0.2, 0.25) is 0 Å². The number of halogens is 4. The molecule has 2 aliphatic carbocycles. The van der Waals surface area contributed by atoms with E-state index in [9.17, 15) is 17.6 Å². The van der Waals surface area contributed by atoms with Crippen molar-refractivity contribution in [1.82, 2.24) is 0 Å². The summed E-state index contributed by atoms with van der Waals surface area (Å²) in [6.45, 7) is 2.54. The molecule has 0 unspecified atom stereocenters. The molecule has 0 saturated heterocycles. The summed E-state index contributed by atoms with van der Waals surface area (Å²) >= 11 is 0. The molecule has 3 rings (SSSR count). The highest BCUT2D eigenvalue weighted by Gasteiger charge is 2.53. The van der Waals surface area contributed by atoms with Crippen LogP contribution in [-0.2, 0) is 5.92 Å². The van der Waals surface area contributed by atoms with Crippen molar-refractivity contribution in [3.8, 4) is 0 Å². The lowest BCUT2D eigenvalue weighted by molar-refractivity contribution is -0.204. The Kier molecular flexibility index (Phi) is 7.32. The second kappa shape index (κ2) is 9.39. The van der Waals surface area contributed by atoms with Gasteiger partial charge in [-0.25, -0.2) is 0 Å². The normalized spacial score (nSPS) is 29.0. The maximum Gasteiger partial charge on any atom is 0.335 e. The molecule has 2 saturated carbocycles. The van der Waals surface area contributed by atoms with Crippen molar-refractivity contribution in [2.75, 3.05) is 0 Å². The molecule has 0 bridgehead atoms. The fraction of sp³-hybridized carbons (Fsp3) is 0.760. The van der Waals surface area contributed by atoms with Crippen LogP contribution in [0.4, 0.5) is 17.6 Å². The molecule has 0 amide bonds. The average Bonchev–Trinajstić information content (AvgIpc) is 2.72. The van der Waals surface area contributed by atoms with Crippen LogP contribution < -0.4 is 0 Å². The van der Waals surface area contributed by atoms with E-state index in [0.29, 0.717) is 5.92 Å². The Morgan fingerprint density at radius 2 is 1.31 bits per heavy atom. The highest BCUT2D eigenvalue weighted by molar-refractivity contribution is 5.29. The van der Waals surface area contributed by atoms with Crippen LogP contribution in [0.15, 0.2) is 24.3 Å². The first-order chi connectivity index (χ1) is 13.7. The third-order valence-electron chi connectivity index (χ3n) is 7.59. The molecule has 1 aromatic carbocycles. The monoisotopic (exact) mass is 412 g/mol. The molecule has 0 heterocycles. The number of benzene rings is 1. The predicted molar refractivity (Wildman–Crippen MR) is 111 cm³/mol. The molecule has 2 aliphatic rings. The van der Waals surface area contributed by atoms with Gasteiger partial charge < -0.3 is 0 Å². The molecule has 0 aliphatic heterocycles. The smallest absolute Gasteiger partial charge is 0.200 e. The molecule has 164 valence electrons. The van der Waals surface area contributed by atoms with Gasteiger partial charge >= 0.3 is 11.8 Å². The maximum atomic E-state index is 13.8. The molecule has 0 nitrogen and oxygen atoms in total. The van der Waals surface area contributed by atoms with Gasteiger partial charge in [0.05, 0.1) is 0 Å². The lowest BCUT2D eigenvalue weighted by Gasteiger charge is -2.38. The van der Waals surface area contributed by atoms with E-state index in [1.165, 1.54) is 69.9 Å². The minimum Gasteiger partial charge on any atom is -0.200 e. The summed E-state index contributed by atoms with van der Waals surface area (Å²) in [6.07, 6.45) is 14.2. The van der Waals surface area contributed by atoms with Gasteiger partial charge in [-0.05, 0) is 67.8 Å². The van der Waals surface area contributed by atoms with Crippen molar-refractivity contribution < 1.29 is 17.6 Å². The molecule has 0 radical (unpaired) electrons. The summed E-state index contributed by atoms with van der Waals surface area (Å²) < 4.78 is 54.1. The minimum atomic E-state index is -4.13.